The van der Waals surface area contributed by atoms with E-state index in [2.05, 4.69) is 24.1 Å². The number of carboxylic acid groups (broad SMARTS) is 1. The number of anilines is 1. The number of esters is 1. The Balaban J connectivity index is 1.76. The van der Waals surface area contributed by atoms with E-state index >= 15 is 0 Å². The fraction of sp³-hybridized carbons (Fsp3) is 0.688. The van der Waals surface area contributed by atoms with Gasteiger partial charge in [0.05, 0.1) is 10.6 Å². The van der Waals surface area contributed by atoms with Gasteiger partial charge in [0.2, 0.25) is 5.91 Å². The molecule has 2 aliphatic rings. The van der Waals surface area contributed by atoms with Crippen molar-refractivity contribution in [3.05, 3.63) is 15.8 Å². The lowest BCUT2D eigenvalue weighted by Crippen LogP contribution is -2.47. The number of alkyl carbamates (subject to hydrolysis) is 1. The van der Waals surface area contributed by atoms with Gasteiger partial charge in [0.1, 0.15) is 23.1 Å². The second-order valence-corrected chi connectivity index (χ2v) is 14.6. The fourth-order valence-corrected chi connectivity index (χ4v) is 6.17. The van der Waals surface area contributed by atoms with Crippen molar-refractivity contribution < 1.29 is 33.8 Å². The van der Waals surface area contributed by atoms with Gasteiger partial charge in [0.25, 0.3) is 0 Å². The predicted octanol–water partition coefficient (Wildman–Crippen LogP) is 6.38. The van der Waals surface area contributed by atoms with Crippen LogP contribution in [0.25, 0.3) is 0 Å². The maximum atomic E-state index is 14.1. The maximum absolute atomic E-state index is 14.1. The molecule has 0 unspecified atom stereocenters. The van der Waals surface area contributed by atoms with E-state index < -0.39 is 23.6 Å². The quantitative estimate of drug-likeness (QED) is 0.274. The highest BCUT2D eigenvalue weighted by Crippen LogP contribution is 2.39. The van der Waals surface area contributed by atoms with Gasteiger partial charge in [-0.2, -0.15) is 0 Å². The molecule has 42 heavy (non-hydrogen) atoms. The number of thiophene rings is 1. The molecule has 0 aliphatic heterocycles. The molecule has 0 spiro atoms. The topological polar surface area (TPSA) is 122 Å². The number of carbonyl (C=O) groups excluding carboxylic acids is 3. The van der Waals surface area contributed by atoms with Crippen molar-refractivity contribution in [3.8, 4) is 11.8 Å². The van der Waals surface area contributed by atoms with Crippen molar-refractivity contribution in [2.24, 2.45) is 17.3 Å². The highest BCUT2D eigenvalue weighted by Gasteiger charge is 2.38. The zero-order valence-electron chi connectivity index (χ0n) is 26.0. The van der Waals surface area contributed by atoms with Gasteiger partial charge in [0.15, 0.2) is 0 Å². The third-order valence-corrected chi connectivity index (χ3v) is 8.44. The average molecular weight is 603 g/mol. The van der Waals surface area contributed by atoms with Crippen LogP contribution in [0.3, 0.4) is 0 Å². The van der Waals surface area contributed by atoms with Crippen molar-refractivity contribution >= 4 is 41.0 Å². The number of amides is 2. The summed E-state index contributed by atoms with van der Waals surface area (Å²) in [5.41, 5.74) is -0.509. The van der Waals surface area contributed by atoms with E-state index in [1.54, 1.807) is 31.7 Å². The van der Waals surface area contributed by atoms with Crippen LogP contribution in [0, 0.1) is 29.1 Å². The molecule has 1 aromatic heterocycles. The Hall–Kier alpha value is -3.06. The van der Waals surface area contributed by atoms with Crippen molar-refractivity contribution in [2.45, 2.75) is 118 Å². The number of hydrogen-bond donors (Lipinski definition) is 2. The Morgan fingerprint density at radius 2 is 1.62 bits per heavy atom. The van der Waals surface area contributed by atoms with Crippen molar-refractivity contribution in [2.75, 3.05) is 11.4 Å². The van der Waals surface area contributed by atoms with Crippen LogP contribution in [0.5, 0.6) is 0 Å². The SMILES string of the molecule is CC1CCC(C(=O)N(c2cc(C#CC(C)(C)C)sc2C(=O)O)C2CCC(OC(=O)CNC(=O)OC(C)(C)C)CC2)CC1. The molecule has 0 atom stereocenters. The molecule has 0 bridgehead atoms. The van der Waals surface area contributed by atoms with Crippen LogP contribution < -0.4 is 10.2 Å². The second kappa shape index (κ2) is 13.9. The van der Waals surface area contributed by atoms with Crippen molar-refractivity contribution in [3.63, 3.8) is 0 Å². The minimum absolute atomic E-state index is 0.0282. The van der Waals surface area contributed by atoms with Gasteiger partial charge in [-0.1, -0.05) is 18.8 Å². The van der Waals surface area contributed by atoms with Crippen LogP contribution in [0.1, 0.15) is 114 Å². The summed E-state index contributed by atoms with van der Waals surface area (Å²) in [5.74, 6) is 5.05. The molecule has 2 amide bonds. The van der Waals surface area contributed by atoms with E-state index in [0.29, 0.717) is 42.2 Å². The summed E-state index contributed by atoms with van der Waals surface area (Å²) >= 11 is 1.10. The van der Waals surface area contributed by atoms with Crippen LogP contribution in [0.15, 0.2) is 6.07 Å². The van der Waals surface area contributed by atoms with E-state index in [9.17, 15) is 24.3 Å². The first kappa shape index (κ1) is 33.4. The molecule has 0 saturated heterocycles. The molecule has 2 N–H and O–H groups in total. The summed E-state index contributed by atoms with van der Waals surface area (Å²) in [6, 6.07) is 1.54. The lowest BCUT2D eigenvalue weighted by molar-refractivity contribution is -0.149. The Morgan fingerprint density at radius 3 is 2.17 bits per heavy atom. The summed E-state index contributed by atoms with van der Waals surface area (Å²) < 4.78 is 10.8. The summed E-state index contributed by atoms with van der Waals surface area (Å²) in [7, 11) is 0. The molecule has 9 nitrogen and oxygen atoms in total. The highest BCUT2D eigenvalue weighted by atomic mass is 32.1. The molecule has 3 rings (SSSR count). The maximum Gasteiger partial charge on any atom is 0.408 e. The van der Waals surface area contributed by atoms with Crippen LogP contribution >= 0.6 is 11.3 Å². The van der Waals surface area contributed by atoms with E-state index in [0.717, 1.165) is 37.0 Å². The van der Waals surface area contributed by atoms with Gasteiger partial charge in [-0.3, -0.25) is 9.59 Å². The largest absolute Gasteiger partial charge is 0.477 e. The molecule has 0 aromatic carbocycles. The first-order valence-electron chi connectivity index (χ1n) is 14.9. The van der Waals surface area contributed by atoms with E-state index in [-0.39, 0.29) is 40.8 Å². The number of nitrogens with one attached hydrogen (secondary N) is 1. The number of ether oxygens (including phenoxy) is 2. The lowest BCUT2D eigenvalue weighted by Gasteiger charge is -2.39. The number of nitrogens with zero attached hydrogens (tertiary/aromatic N) is 1. The lowest BCUT2D eigenvalue weighted by atomic mass is 9.81. The first-order chi connectivity index (χ1) is 19.5. The molecule has 2 fully saturated rings. The summed E-state index contributed by atoms with van der Waals surface area (Å²) in [6.07, 6.45) is 4.66. The molecular formula is C32H46N2O7S. The Bertz CT molecular complexity index is 1200. The zero-order valence-corrected chi connectivity index (χ0v) is 26.8. The Morgan fingerprint density at radius 1 is 1.00 bits per heavy atom. The fourth-order valence-electron chi connectivity index (χ4n) is 5.33. The minimum Gasteiger partial charge on any atom is -0.477 e. The monoisotopic (exact) mass is 602 g/mol. The van der Waals surface area contributed by atoms with Crippen LogP contribution in [0.4, 0.5) is 10.5 Å². The molecule has 10 heteroatoms. The van der Waals surface area contributed by atoms with Crippen LogP contribution in [-0.4, -0.2) is 53.3 Å². The summed E-state index contributed by atoms with van der Waals surface area (Å²) in [5, 5.41) is 12.5. The molecule has 2 saturated carbocycles. The third kappa shape index (κ3) is 10.0. The molecule has 2 aliphatic carbocycles. The molecular weight excluding hydrogens is 556 g/mol. The number of aromatic carboxylic acids is 1. The average Bonchev–Trinajstić information content (AvgIpc) is 3.31. The molecule has 0 radical (unpaired) electrons. The van der Waals surface area contributed by atoms with Gasteiger partial charge in [0, 0.05) is 17.4 Å². The predicted molar refractivity (Wildman–Crippen MR) is 163 cm³/mol. The molecule has 1 heterocycles. The minimum atomic E-state index is -1.08. The third-order valence-electron chi connectivity index (χ3n) is 7.41. The smallest absolute Gasteiger partial charge is 0.408 e. The number of carbonyl (C=O) groups is 4. The van der Waals surface area contributed by atoms with Gasteiger partial charge in [-0.25, -0.2) is 9.59 Å². The van der Waals surface area contributed by atoms with Crippen LogP contribution in [0.2, 0.25) is 0 Å². The summed E-state index contributed by atoms with van der Waals surface area (Å²) in [4.78, 5) is 53.1. The van der Waals surface area contributed by atoms with Gasteiger partial charge < -0.3 is 24.8 Å². The zero-order chi connectivity index (χ0) is 31.2. The highest BCUT2D eigenvalue weighted by molar-refractivity contribution is 7.15. The van der Waals surface area contributed by atoms with Gasteiger partial charge in [-0.05, 0) is 105 Å². The van der Waals surface area contributed by atoms with Crippen LogP contribution in [-0.2, 0) is 19.1 Å². The number of hydrogen-bond acceptors (Lipinski definition) is 7. The van der Waals surface area contributed by atoms with Gasteiger partial charge in [-0.15, -0.1) is 11.3 Å². The van der Waals surface area contributed by atoms with Gasteiger partial charge >= 0.3 is 18.0 Å². The van der Waals surface area contributed by atoms with E-state index in [1.807, 2.05) is 20.8 Å². The second-order valence-electron chi connectivity index (χ2n) is 13.6. The van der Waals surface area contributed by atoms with E-state index in [4.69, 9.17) is 9.47 Å². The Kier molecular flexibility index (Phi) is 11.1. The first-order valence-corrected chi connectivity index (χ1v) is 15.7. The van der Waals surface area contributed by atoms with Crippen molar-refractivity contribution in [1.82, 2.24) is 5.32 Å². The van der Waals surface area contributed by atoms with E-state index in [1.165, 1.54) is 0 Å². The Labute approximate surface area is 253 Å². The standard InChI is InChI=1S/C32H46N2O7S/c1-20-8-10-21(11-9-20)28(36)34(25-18-24(16-17-31(2,3)4)42-27(25)29(37)38)22-12-14-23(15-13-22)40-26(35)19-33-30(39)41-32(5,6)7/h18,20-23H,8-15,19H2,1-7H3,(H,33,39)(H,37,38). The number of rotatable bonds is 7. The molecule has 1 aromatic rings. The molecule has 232 valence electrons. The summed E-state index contributed by atoms with van der Waals surface area (Å²) in [6.45, 7) is 13.1. The normalized spacial score (nSPS) is 22.7. The number of carboxylic acids is 1. The van der Waals surface area contributed by atoms with Crippen molar-refractivity contribution in [1.29, 1.82) is 0 Å².